The molecule has 11 nitrogen and oxygen atoms in total. The van der Waals surface area contributed by atoms with E-state index in [2.05, 4.69) is 10.3 Å². The van der Waals surface area contributed by atoms with Crippen molar-refractivity contribution in [2.24, 2.45) is 0 Å². The molecule has 0 saturated carbocycles. The van der Waals surface area contributed by atoms with E-state index in [1.165, 1.54) is 13.1 Å². The Labute approximate surface area is 154 Å². The third-order valence-corrected chi connectivity index (χ3v) is 6.60. The summed E-state index contributed by atoms with van der Waals surface area (Å²) >= 11 is 0. The summed E-state index contributed by atoms with van der Waals surface area (Å²) in [5, 5.41) is 14.1. The Morgan fingerprint density at radius 1 is 1.44 bits per heavy atom. The Morgan fingerprint density at radius 3 is 2.89 bits per heavy atom. The molecule has 0 radical (unpaired) electrons. The molecule has 3 aliphatic heterocycles. The lowest BCUT2D eigenvalue weighted by molar-refractivity contribution is -0.171. The van der Waals surface area contributed by atoms with Crippen molar-refractivity contribution >= 4 is 10.1 Å². The molecule has 3 fully saturated rings. The number of nitrogens with zero attached hydrogens (tertiary/aromatic N) is 1. The highest BCUT2D eigenvalue weighted by atomic mass is 32.2. The Balaban J connectivity index is 1.81. The Hall–Kier alpha value is -1.57. The number of ether oxygens (including phenoxy) is 2. The highest BCUT2D eigenvalue weighted by Crippen LogP contribution is 2.54. The number of aromatic nitrogens is 2. The van der Waals surface area contributed by atoms with Gasteiger partial charge in [-0.3, -0.25) is 23.8 Å². The van der Waals surface area contributed by atoms with Gasteiger partial charge in [0.2, 0.25) is 0 Å². The van der Waals surface area contributed by atoms with Gasteiger partial charge in [0, 0.05) is 24.9 Å². The number of aryl methyl sites for hydroxylation is 1. The molecule has 5 atom stereocenters. The maximum Gasteiger partial charge on any atom is 0.330 e. The largest absolute Gasteiger partial charge is 0.385 e. The van der Waals surface area contributed by atoms with Gasteiger partial charge in [-0.15, -0.1) is 0 Å². The molecular weight excluding hydrogens is 382 g/mol. The van der Waals surface area contributed by atoms with Gasteiger partial charge in [-0.25, -0.2) is 4.79 Å². The average molecular weight is 403 g/mol. The molecule has 3 N–H and O–H groups in total. The van der Waals surface area contributed by atoms with Gasteiger partial charge in [-0.2, -0.15) is 8.42 Å². The molecule has 2 unspecified atom stereocenters. The van der Waals surface area contributed by atoms with Crippen LogP contribution in [0.5, 0.6) is 0 Å². The molecule has 0 aromatic carbocycles. The first-order valence-corrected chi connectivity index (χ1v) is 10.2. The van der Waals surface area contributed by atoms with Crippen LogP contribution in [0, 0.1) is 6.92 Å². The molecule has 3 aliphatic rings. The fourth-order valence-corrected chi connectivity index (χ4v) is 5.87. The first-order chi connectivity index (χ1) is 12.7. The second-order valence-corrected chi connectivity index (χ2v) is 8.64. The van der Waals surface area contributed by atoms with Crippen LogP contribution in [-0.2, 0) is 23.8 Å². The van der Waals surface area contributed by atoms with Gasteiger partial charge in [-0.1, -0.05) is 6.92 Å². The van der Waals surface area contributed by atoms with Crippen LogP contribution in [0.1, 0.15) is 25.1 Å². The van der Waals surface area contributed by atoms with E-state index in [4.69, 9.17) is 13.7 Å². The summed E-state index contributed by atoms with van der Waals surface area (Å²) in [4.78, 5) is 26.0. The fourth-order valence-electron chi connectivity index (χ4n) is 4.14. The fraction of sp³-hybridized carbons (Fsp3) is 0.733. The molecule has 1 aromatic rings. The van der Waals surface area contributed by atoms with E-state index in [1.54, 1.807) is 0 Å². The van der Waals surface area contributed by atoms with Gasteiger partial charge in [0.05, 0.1) is 0 Å². The molecule has 0 bridgehead atoms. The molecule has 12 heteroatoms. The quantitative estimate of drug-likeness (QED) is 0.482. The van der Waals surface area contributed by atoms with Gasteiger partial charge in [0.1, 0.15) is 18.0 Å². The monoisotopic (exact) mass is 403 g/mol. The zero-order valence-electron chi connectivity index (χ0n) is 14.8. The van der Waals surface area contributed by atoms with Crippen LogP contribution in [0.4, 0.5) is 0 Å². The van der Waals surface area contributed by atoms with Gasteiger partial charge in [0.25, 0.3) is 15.7 Å². The number of aromatic amines is 1. The number of rotatable bonds is 4. The lowest BCUT2D eigenvalue weighted by Crippen LogP contribution is -2.64. The highest BCUT2D eigenvalue weighted by molar-refractivity contribution is 7.87. The van der Waals surface area contributed by atoms with E-state index >= 15 is 0 Å². The first-order valence-electron chi connectivity index (χ1n) is 8.64. The third-order valence-electron chi connectivity index (χ3n) is 5.31. The van der Waals surface area contributed by atoms with Crippen LogP contribution in [0.2, 0.25) is 0 Å². The summed E-state index contributed by atoms with van der Waals surface area (Å²) in [5.41, 5.74) is -4.30. The third kappa shape index (κ3) is 2.48. The van der Waals surface area contributed by atoms with Crippen molar-refractivity contribution in [1.29, 1.82) is 0 Å². The van der Waals surface area contributed by atoms with Crippen molar-refractivity contribution in [3.63, 3.8) is 0 Å². The second kappa shape index (κ2) is 5.96. The van der Waals surface area contributed by atoms with Crippen molar-refractivity contribution in [1.82, 2.24) is 14.9 Å². The number of hydrogen-bond acceptors (Lipinski definition) is 9. The van der Waals surface area contributed by atoms with Gasteiger partial charge < -0.3 is 14.6 Å². The molecule has 4 rings (SSSR count). The summed E-state index contributed by atoms with van der Waals surface area (Å²) in [6.45, 7) is 3.79. The van der Waals surface area contributed by atoms with Gasteiger partial charge in [-0.05, 0) is 13.3 Å². The molecule has 1 aromatic heterocycles. The van der Waals surface area contributed by atoms with E-state index in [-0.39, 0.29) is 18.7 Å². The summed E-state index contributed by atoms with van der Waals surface area (Å²) in [6, 6.07) is 0. The van der Waals surface area contributed by atoms with Crippen molar-refractivity contribution in [3.8, 4) is 0 Å². The Kier molecular flexibility index (Phi) is 4.15. The lowest BCUT2D eigenvalue weighted by atomic mass is 9.85. The number of H-pyrrole nitrogens is 1. The minimum absolute atomic E-state index is 0.171. The smallest absolute Gasteiger partial charge is 0.330 e. The normalized spacial score (nSPS) is 39.4. The summed E-state index contributed by atoms with van der Waals surface area (Å²) < 4.78 is 42.6. The molecular formula is C15H21N3O8S. The van der Waals surface area contributed by atoms with Crippen molar-refractivity contribution in [2.45, 2.75) is 50.0 Å². The maximum absolute atomic E-state index is 12.3. The number of hydrogen-bond donors (Lipinski definition) is 3. The van der Waals surface area contributed by atoms with Crippen molar-refractivity contribution < 1.29 is 27.2 Å². The number of aliphatic hydroxyl groups excluding tert-OH is 1. The zero-order chi connectivity index (χ0) is 19.6. The van der Waals surface area contributed by atoms with Gasteiger partial charge in [0.15, 0.2) is 17.6 Å². The predicted octanol–water partition coefficient (Wildman–Crippen LogP) is -2.07. The maximum atomic E-state index is 12.3. The van der Waals surface area contributed by atoms with Crippen LogP contribution in [-0.4, -0.2) is 65.5 Å². The van der Waals surface area contributed by atoms with Crippen molar-refractivity contribution in [3.05, 3.63) is 32.6 Å². The van der Waals surface area contributed by atoms with Crippen LogP contribution < -0.4 is 16.6 Å². The molecule has 3 saturated heterocycles. The average Bonchev–Trinajstić information content (AvgIpc) is 3.11. The van der Waals surface area contributed by atoms with E-state index in [0.29, 0.717) is 6.42 Å². The van der Waals surface area contributed by atoms with E-state index in [0.717, 1.165) is 4.57 Å². The molecule has 4 heterocycles. The standard InChI is InChI=1S/C15H21N3O8S/c1-3-4-24-14-7-27(22,23)26-15(14)9(5-16-14)25-12(10(15)19)18-6-8(2)11(20)17-13(18)21/h6,9-10,12,16,19H,3-5,7H2,1-2H3,(H,17,20,21)/t9-,10+,12-,14?,15?/m1/s1. The Morgan fingerprint density at radius 2 is 2.19 bits per heavy atom. The van der Waals surface area contributed by atoms with Crippen LogP contribution in [0.15, 0.2) is 15.8 Å². The zero-order valence-corrected chi connectivity index (χ0v) is 15.6. The second-order valence-electron chi connectivity index (χ2n) is 7.07. The molecule has 27 heavy (non-hydrogen) atoms. The molecule has 0 aliphatic carbocycles. The predicted molar refractivity (Wildman–Crippen MR) is 90.6 cm³/mol. The first kappa shape index (κ1) is 18.8. The number of aliphatic hydroxyl groups is 1. The van der Waals surface area contributed by atoms with E-state index in [1.807, 2.05) is 6.92 Å². The minimum Gasteiger partial charge on any atom is -0.385 e. The van der Waals surface area contributed by atoms with E-state index < -0.39 is 56.9 Å². The Bertz CT molecular complexity index is 988. The SMILES string of the molecule is CCCOC12CS(=O)(=O)OC13[C@@H](CN2)O[C@@H](n1cc(C)c(=O)[nH]c1=O)[C@@H]3O. The summed E-state index contributed by atoms with van der Waals surface area (Å²) in [7, 11) is -3.99. The highest BCUT2D eigenvalue weighted by Gasteiger charge is 2.79. The topological polar surface area (TPSA) is 149 Å². The minimum atomic E-state index is -3.99. The molecule has 1 spiro atoms. The number of nitrogens with one attached hydrogen (secondary N) is 2. The lowest BCUT2D eigenvalue weighted by Gasteiger charge is -2.37. The van der Waals surface area contributed by atoms with E-state index in [9.17, 15) is 23.1 Å². The van der Waals surface area contributed by atoms with Crippen molar-refractivity contribution in [2.75, 3.05) is 18.9 Å². The summed E-state index contributed by atoms with van der Waals surface area (Å²) in [6.07, 6.45) is -1.75. The molecule has 150 valence electrons. The van der Waals surface area contributed by atoms with Crippen LogP contribution >= 0.6 is 0 Å². The molecule has 0 amide bonds. The van der Waals surface area contributed by atoms with Crippen LogP contribution in [0.25, 0.3) is 0 Å². The summed E-state index contributed by atoms with van der Waals surface area (Å²) in [5.74, 6) is -0.483. The van der Waals surface area contributed by atoms with Gasteiger partial charge >= 0.3 is 5.69 Å². The van der Waals surface area contributed by atoms with Crippen LogP contribution in [0.3, 0.4) is 0 Å².